The first-order valence-corrected chi connectivity index (χ1v) is 15.8. The van der Waals surface area contributed by atoms with Crippen LogP contribution in [0.15, 0.2) is 91.5 Å². The Labute approximate surface area is 273 Å². The normalized spacial score (nSPS) is 13.2. The first-order valence-electron chi connectivity index (χ1n) is 15.8. The summed E-state index contributed by atoms with van der Waals surface area (Å²) < 4.78 is 5.38. The Kier molecular flexibility index (Phi) is 14.2. The number of aryl methyl sites for hydroxylation is 2. The van der Waals surface area contributed by atoms with Crippen molar-refractivity contribution in [1.82, 2.24) is 16.1 Å². The van der Waals surface area contributed by atoms with Gasteiger partial charge in [0.15, 0.2) is 0 Å². The second-order valence-corrected chi connectivity index (χ2v) is 12.7. The van der Waals surface area contributed by atoms with E-state index in [1.807, 2.05) is 69.3 Å². The zero-order chi connectivity index (χ0) is 33.5. The quantitative estimate of drug-likeness (QED) is 0.0931. The third-order valence-electron chi connectivity index (χ3n) is 7.85. The molecule has 8 nitrogen and oxygen atoms in total. The molecule has 0 saturated heterocycles. The van der Waals surface area contributed by atoms with E-state index < -0.39 is 23.3 Å². The van der Waals surface area contributed by atoms with Crippen LogP contribution in [-0.4, -0.2) is 44.1 Å². The molecule has 0 heterocycles. The van der Waals surface area contributed by atoms with Crippen LogP contribution in [0.3, 0.4) is 0 Å². The fourth-order valence-electron chi connectivity index (χ4n) is 5.41. The molecule has 3 amide bonds. The van der Waals surface area contributed by atoms with E-state index in [0.29, 0.717) is 12.8 Å². The van der Waals surface area contributed by atoms with Crippen LogP contribution in [0.4, 0.5) is 0 Å². The number of benzene rings is 3. The van der Waals surface area contributed by atoms with E-state index in [0.717, 1.165) is 17.5 Å². The van der Waals surface area contributed by atoms with Gasteiger partial charge in [0.1, 0.15) is 6.04 Å². The van der Waals surface area contributed by atoms with Gasteiger partial charge in [0.2, 0.25) is 17.7 Å². The van der Waals surface area contributed by atoms with Gasteiger partial charge in [0.25, 0.3) is 0 Å². The van der Waals surface area contributed by atoms with Crippen molar-refractivity contribution < 1.29 is 24.0 Å². The zero-order valence-electron chi connectivity index (χ0n) is 27.8. The van der Waals surface area contributed by atoms with Crippen molar-refractivity contribution in [2.24, 2.45) is 11.3 Å². The van der Waals surface area contributed by atoms with Gasteiger partial charge < -0.3 is 15.4 Å². The van der Waals surface area contributed by atoms with Crippen molar-refractivity contribution in [2.75, 3.05) is 20.3 Å². The molecule has 0 unspecified atom stereocenters. The lowest BCUT2D eigenvalue weighted by molar-refractivity contribution is -0.139. The number of rotatable bonds is 17. The highest BCUT2D eigenvalue weighted by atomic mass is 16.6. The number of ether oxygens (including phenoxy) is 1. The topological polar surface area (TPSA) is 106 Å². The minimum absolute atomic E-state index is 0.0796. The van der Waals surface area contributed by atoms with Crippen LogP contribution in [0.1, 0.15) is 62.8 Å². The largest absolute Gasteiger partial charge is 0.382 e. The summed E-state index contributed by atoms with van der Waals surface area (Å²) in [4.78, 5) is 45.3. The average molecular weight is 628 g/mol. The highest BCUT2D eigenvalue weighted by molar-refractivity contribution is 5.91. The number of nitrogens with one attached hydrogen (secondary N) is 3. The van der Waals surface area contributed by atoms with Gasteiger partial charge in [-0.05, 0) is 59.4 Å². The van der Waals surface area contributed by atoms with E-state index in [2.05, 4.69) is 59.9 Å². The van der Waals surface area contributed by atoms with E-state index in [9.17, 15) is 14.4 Å². The van der Waals surface area contributed by atoms with Crippen LogP contribution < -0.4 is 16.1 Å². The molecule has 0 aromatic heterocycles. The van der Waals surface area contributed by atoms with Crippen molar-refractivity contribution in [1.29, 1.82) is 0 Å². The Bertz CT molecular complexity index is 1420. The SMILES string of the molecule is C=CCONC(=O)C[C@@H](CCCc1ccc(-c2ccccc2)c(C)c1)C(=O)N[C@H](C(=O)N[C@H](COC)c1ccccc1)C(C)(C)C. The van der Waals surface area contributed by atoms with Gasteiger partial charge in [-0.1, -0.05) is 106 Å². The number of hydrogen-bond acceptors (Lipinski definition) is 5. The molecule has 246 valence electrons. The number of hydrogen-bond donors (Lipinski definition) is 3. The van der Waals surface area contributed by atoms with E-state index in [1.54, 1.807) is 7.11 Å². The maximum absolute atomic E-state index is 13.8. The number of amides is 3. The molecule has 0 fully saturated rings. The summed E-state index contributed by atoms with van der Waals surface area (Å²) in [6.07, 6.45) is 3.32. The minimum Gasteiger partial charge on any atom is -0.382 e. The van der Waals surface area contributed by atoms with E-state index in [-0.39, 0.29) is 37.5 Å². The monoisotopic (exact) mass is 627 g/mol. The first-order chi connectivity index (χ1) is 22.0. The lowest BCUT2D eigenvalue weighted by Crippen LogP contribution is -2.55. The second kappa shape index (κ2) is 18.0. The van der Waals surface area contributed by atoms with Crippen LogP contribution in [0.2, 0.25) is 0 Å². The summed E-state index contributed by atoms with van der Waals surface area (Å²) in [6, 6.07) is 25.0. The van der Waals surface area contributed by atoms with Crippen molar-refractivity contribution in [3.05, 3.63) is 108 Å². The maximum Gasteiger partial charge on any atom is 0.244 e. The summed E-state index contributed by atoms with van der Waals surface area (Å²) >= 11 is 0. The lowest BCUT2D eigenvalue weighted by atomic mass is 9.85. The number of methoxy groups -OCH3 is 1. The minimum atomic E-state index is -0.848. The third-order valence-corrected chi connectivity index (χ3v) is 7.85. The van der Waals surface area contributed by atoms with Crippen molar-refractivity contribution in [3.8, 4) is 11.1 Å². The molecule has 0 aliphatic carbocycles. The molecule has 3 aromatic carbocycles. The van der Waals surface area contributed by atoms with Crippen molar-refractivity contribution >= 4 is 17.7 Å². The highest BCUT2D eigenvalue weighted by Crippen LogP contribution is 2.26. The Morgan fingerprint density at radius 1 is 0.913 bits per heavy atom. The zero-order valence-corrected chi connectivity index (χ0v) is 27.8. The molecule has 3 rings (SSSR count). The summed E-state index contributed by atoms with van der Waals surface area (Å²) in [5.74, 6) is -1.75. The van der Waals surface area contributed by atoms with Crippen LogP contribution >= 0.6 is 0 Å². The summed E-state index contributed by atoms with van der Waals surface area (Å²) in [5, 5.41) is 6.04. The van der Waals surface area contributed by atoms with E-state index in [1.165, 1.54) is 22.8 Å². The third kappa shape index (κ3) is 11.3. The van der Waals surface area contributed by atoms with Crippen molar-refractivity contribution in [2.45, 2.75) is 65.5 Å². The molecule has 3 aromatic rings. The number of carbonyl (C=O) groups is 3. The van der Waals surface area contributed by atoms with Gasteiger partial charge in [-0.2, -0.15) is 0 Å². The molecule has 0 saturated carbocycles. The van der Waals surface area contributed by atoms with Gasteiger partial charge >= 0.3 is 0 Å². The van der Waals surface area contributed by atoms with Gasteiger partial charge in [0, 0.05) is 19.4 Å². The summed E-state index contributed by atoms with van der Waals surface area (Å²) in [7, 11) is 1.58. The predicted molar refractivity (Wildman–Crippen MR) is 183 cm³/mol. The van der Waals surface area contributed by atoms with Gasteiger partial charge in [0.05, 0.1) is 19.3 Å². The molecule has 0 bridgehead atoms. The molecule has 0 spiro atoms. The molecular weight excluding hydrogens is 578 g/mol. The van der Waals surface area contributed by atoms with Gasteiger partial charge in [-0.15, -0.1) is 6.58 Å². The molecule has 0 radical (unpaired) electrons. The molecular formula is C38H49N3O5. The fourth-order valence-corrected chi connectivity index (χ4v) is 5.41. The van der Waals surface area contributed by atoms with Crippen LogP contribution in [0.25, 0.3) is 11.1 Å². The Morgan fingerprint density at radius 3 is 2.20 bits per heavy atom. The van der Waals surface area contributed by atoms with E-state index in [4.69, 9.17) is 9.57 Å². The standard InChI is InChI=1S/C38H49N3O5/c1-7-23-46-41-34(42)25-31(20-14-15-28-21-22-32(27(2)24-28)29-16-10-8-11-17-29)36(43)40-35(38(3,4)5)37(44)39-33(26-45-6)30-18-12-9-13-19-30/h7-13,16-19,21-22,24,31,33,35H,1,14-15,20,23,25-26H2,2-6H3,(H,39,44)(H,40,43)(H,41,42)/t31-,33-,35-/m1/s1. The molecule has 46 heavy (non-hydrogen) atoms. The molecule has 3 atom stereocenters. The van der Waals surface area contributed by atoms with Crippen LogP contribution in [0, 0.1) is 18.3 Å². The Hall–Kier alpha value is -4.27. The lowest BCUT2D eigenvalue weighted by Gasteiger charge is -2.33. The summed E-state index contributed by atoms with van der Waals surface area (Å²) in [5.41, 5.74) is 7.37. The molecule has 8 heteroatoms. The fraction of sp³-hybridized carbons (Fsp3) is 0.395. The Morgan fingerprint density at radius 2 is 1.59 bits per heavy atom. The average Bonchev–Trinajstić information content (AvgIpc) is 3.03. The Balaban J connectivity index is 1.73. The maximum atomic E-state index is 13.8. The number of hydroxylamine groups is 1. The summed E-state index contributed by atoms with van der Waals surface area (Å²) in [6.45, 7) is 11.8. The smallest absolute Gasteiger partial charge is 0.244 e. The second-order valence-electron chi connectivity index (χ2n) is 12.7. The van der Waals surface area contributed by atoms with Crippen LogP contribution in [-0.2, 0) is 30.4 Å². The van der Waals surface area contributed by atoms with Crippen molar-refractivity contribution in [3.63, 3.8) is 0 Å². The molecule has 3 N–H and O–H groups in total. The van der Waals surface area contributed by atoms with Gasteiger partial charge in [-0.3, -0.25) is 19.2 Å². The van der Waals surface area contributed by atoms with Gasteiger partial charge in [-0.25, -0.2) is 5.48 Å². The first kappa shape index (κ1) is 36.2. The number of carbonyl (C=O) groups excluding carboxylic acids is 3. The van der Waals surface area contributed by atoms with Crippen LogP contribution in [0.5, 0.6) is 0 Å². The molecule has 0 aliphatic heterocycles. The van der Waals surface area contributed by atoms with E-state index >= 15 is 0 Å². The molecule has 0 aliphatic rings. The highest BCUT2D eigenvalue weighted by Gasteiger charge is 2.36. The predicted octanol–water partition coefficient (Wildman–Crippen LogP) is 6.26.